The monoisotopic (exact) mass is 299 g/mol. The SMILES string of the molecule is Cn1nccc1S(=O)(=O)Nc1ccc(CCCl)cc1. The molecule has 0 bridgehead atoms. The highest BCUT2D eigenvalue weighted by Gasteiger charge is 2.17. The van der Waals surface area contributed by atoms with Crippen LogP contribution in [0.1, 0.15) is 5.56 Å². The predicted octanol–water partition coefficient (Wildman–Crippen LogP) is 2.00. The molecule has 0 atom stereocenters. The van der Waals surface area contributed by atoms with Gasteiger partial charge < -0.3 is 0 Å². The number of nitrogens with one attached hydrogen (secondary N) is 1. The van der Waals surface area contributed by atoms with Crippen LogP contribution < -0.4 is 4.72 Å². The molecule has 19 heavy (non-hydrogen) atoms. The summed E-state index contributed by atoms with van der Waals surface area (Å²) in [6.07, 6.45) is 2.20. The smallest absolute Gasteiger partial charge is 0.278 e. The van der Waals surface area contributed by atoms with Crippen molar-refractivity contribution >= 4 is 27.3 Å². The number of hydrogen-bond donors (Lipinski definition) is 1. The molecule has 5 nitrogen and oxygen atoms in total. The summed E-state index contributed by atoms with van der Waals surface area (Å²) in [4.78, 5) is 0. The maximum atomic E-state index is 12.1. The van der Waals surface area contributed by atoms with Crippen molar-refractivity contribution in [2.24, 2.45) is 7.05 Å². The number of nitrogens with zero attached hydrogens (tertiary/aromatic N) is 2. The van der Waals surface area contributed by atoms with Crippen LogP contribution in [-0.2, 0) is 23.5 Å². The number of halogens is 1. The van der Waals surface area contributed by atoms with E-state index < -0.39 is 10.0 Å². The van der Waals surface area contributed by atoms with Gasteiger partial charge in [0.25, 0.3) is 10.0 Å². The Labute approximate surface area is 117 Å². The Balaban J connectivity index is 2.19. The van der Waals surface area contributed by atoms with E-state index in [0.29, 0.717) is 11.6 Å². The van der Waals surface area contributed by atoms with Crippen LogP contribution in [0, 0.1) is 0 Å². The van der Waals surface area contributed by atoms with Gasteiger partial charge in [0.2, 0.25) is 0 Å². The fourth-order valence-corrected chi connectivity index (χ4v) is 3.09. The van der Waals surface area contributed by atoms with Gasteiger partial charge in [-0.05, 0) is 30.2 Å². The van der Waals surface area contributed by atoms with Crippen LogP contribution in [0.2, 0.25) is 0 Å². The van der Waals surface area contributed by atoms with E-state index in [1.807, 2.05) is 12.1 Å². The normalized spacial score (nSPS) is 11.5. The van der Waals surface area contributed by atoms with Gasteiger partial charge in [-0.1, -0.05) is 12.1 Å². The van der Waals surface area contributed by atoms with Crippen LogP contribution in [0.3, 0.4) is 0 Å². The minimum absolute atomic E-state index is 0.123. The average Bonchev–Trinajstić information content (AvgIpc) is 2.79. The van der Waals surface area contributed by atoms with Crippen molar-refractivity contribution in [3.05, 3.63) is 42.1 Å². The van der Waals surface area contributed by atoms with E-state index in [1.165, 1.54) is 16.9 Å². The molecule has 0 aliphatic heterocycles. The molecule has 2 aromatic rings. The highest BCUT2D eigenvalue weighted by Crippen LogP contribution is 2.16. The molecule has 0 fully saturated rings. The van der Waals surface area contributed by atoms with Crippen LogP contribution in [0.25, 0.3) is 0 Å². The molecule has 1 heterocycles. The summed E-state index contributed by atoms with van der Waals surface area (Å²) < 4.78 is 28.0. The Morgan fingerprint density at radius 3 is 2.47 bits per heavy atom. The summed E-state index contributed by atoms with van der Waals surface area (Å²) in [5.74, 6) is 0.542. The molecule has 0 saturated carbocycles. The third-order valence-electron chi connectivity index (χ3n) is 2.64. The van der Waals surface area contributed by atoms with Crippen molar-refractivity contribution in [3.8, 4) is 0 Å². The van der Waals surface area contributed by atoms with Crippen molar-refractivity contribution in [2.45, 2.75) is 11.4 Å². The summed E-state index contributed by atoms with van der Waals surface area (Å²) in [5, 5.41) is 3.97. The maximum absolute atomic E-state index is 12.1. The van der Waals surface area contributed by atoms with Gasteiger partial charge in [-0.2, -0.15) is 13.5 Å². The standard InChI is InChI=1S/C12H14ClN3O2S/c1-16-12(7-9-14-16)19(17,18)15-11-4-2-10(3-5-11)6-8-13/h2-5,7,9,15H,6,8H2,1H3. The van der Waals surface area contributed by atoms with Gasteiger partial charge in [0, 0.05) is 18.6 Å². The first-order valence-corrected chi connectivity index (χ1v) is 7.70. The van der Waals surface area contributed by atoms with Crippen molar-refractivity contribution in [1.29, 1.82) is 0 Å². The van der Waals surface area contributed by atoms with E-state index in [1.54, 1.807) is 19.2 Å². The molecular formula is C12H14ClN3O2S. The van der Waals surface area contributed by atoms with E-state index >= 15 is 0 Å². The molecule has 2 rings (SSSR count). The number of alkyl halides is 1. The molecule has 1 N–H and O–H groups in total. The topological polar surface area (TPSA) is 64.0 Å². The first-order chi connectivity index (χ1) is 9.03. The van der Waals surface area contributed by atoms with E-state index in [2.05, 4.69) is 9.82 Å². The molecule has 0 spiro atoms. The zero-order chi connectivity index (χ0) is 13.9. The molecule has 7 heteroatoms. The molecule has 0 aliphatic carbocycles. The zero-order valence-corrected chi connectivity index (χ0v) is 11.9. The second kappa shape index (κ2) is 5.63. The Morgan fingerprint density at radius 2 is 1.95 bits per heavy atom. The van der Waals surface area contributed by atoms with Crippen molar-refractivity contribution < 1.29 is 8.42 Å². The lowest BCUT2D eigenvalue weighted by molar-refractivity contribution is 0.582. The molecule has 0 unspecified atom stereocenters. The van der Waals surface area contributed by atoms with Crippen molar-refractivity contribution in [1.82, 2.24) is 9.78 Å². The van der Waals surface area contributed by atoms with Gasteiger partial charge in [0.15, 0.2) is 5.03 Å². The molecule has 1 aromatic heterocycles. The Morgan fingerprint density at radius 1 is 1.26 bits per heavy atom. The number of rotatable bonds is 5. The number of aromatic nitrogens is 2. The number of benzene rings is 1. The van der Waals surface area contributed by atoms with Gasteiger partial charge >= 0.3 is 0 Å². The van der Waals surface area contributed by atoms with Crippen molar-refractivity contribution in [3.63, 3.8) is 0 Å². The molecule has 102 valence electrons. The van der Waals surface area contributed by atoms with Gasteiger partial charge in [0.05, 0.1) is 6.20 Å². The van der Waals surface area contributed by atoms with Crippen LogP contribution in [0.5, 0.6) is 0 Å². The van der Waals surface area contributed by atoms with Crippen LogP contribution >= 0.6 is 11.6 Å². The highest BCUT2D eigenvalue weighted by molar-refractivity contribution is 7.92. The maximum Gasteiger partial charge on any atom is 0.279 e. The Hall–Kier alpha value is -1.53. The van der Waals surface area contributed by atoms with Gasteiger partial charge in [-0.15, -0.1) is 11.6 Å². The number of sulfonamides is 1. The van der Waals surface area contributed by atoms with E-state index in [9.17, 15) is 8.42 Å². The van der Waals surface area contributed by atoms with Crippen LogP contribution in [-0.4, -0.2) is 24.1 Å². The van der Waals surface area contributed by atoms with Gasteiger partial charge in [0.1, 0.15) is 0 Å². The lowest BCUT2D eigenvalue weighted by Gasteiger charge is -2.08. The lowest BCUT2D eigenvalue weighted by atomic mass is 10.2. The molecule has 0 saturated heterocycles. The third-order valence-corrected chi connectivity index (χ3v) is 4.28. The molecule has 0 amide bonds. The van der Waals surface area contributed by atoms with E-state index in [0.717, 1.165) is 12.0 Å². The summed E-state index contributed by atoms with van der Waals surface area (Å²) >= 11 is 5.65. The summed E-state index contributed by atoms with van der Waals surface area (Å²) in [6.45, 7) is 0. The molecule has 1 aromatic carbocycles. The summed E-state index contributed by atoms with van der Waals surface area (Å²) in [5.41, 5.74) is 1.58. The molecular weight excluding hydrogens is 286 g/mol. The number of hydrogen-bond acceptors (Lipinski definition) is 3. The largest absolute Gasteiger partial charge is 0.279 e. The lowest BCUT2D eigenvalue weighted by Crippen LogP contribution is -2.16. The zero-order valence-electron chi connectivity index (χ0n) is 10.4. The predicted molar refractivity (Wildman–Crippen MR) is 74.9 cm³/mol. The van der Waals surface area contributed by atoms with Gasteiger partial charge in [-0.25, -0.2) is 0 Å². The van der Waals surface area contributed by atoms with Gasteiger partial charge in [-0.3, -0.25) is 9.40 Å². The molecule has 0 aliphatic rings. The van der Waals surface area contributed by atoms with Crippen LogP contribution in [0.15, 0.2) is 41.6 Å². The highest BCUT2D eigenvalue weighted by atomic mass is 35.5. The van der Waals surface area contributed by atoms with E-state index in [4.69, 9.17) is 11.6 Å². The number of anilines is 1. The second-order valence-electron chi connectivity index (χ2n) is 4.03. The average molecular weight is 300 g/mol. The second-order valence-corrected chi connectivity index (χ2v) is 6.04. The first-order valence-electron chi connectivity index (χ1n) is 5.68. The fourth-order valence-electron chi connectivity index (χ4n) is 1.68. The first kappa shape index (κ1) is 13.9. The fraction of sp³-hybridized carbons (Fsp3) is 0.250. The van der Waals surface area contributed by atoms with E-state index in [-0.39, 0.29) is 5.03 Å². The number of aryl methyl sites for hydroxylation is 2. The Bertz CT molecular complexity index is 650. The van der Waals surface area contributed by atoms with Crippen LogP contribution in [0.4, 0.5) is 5.69 Å². The minimum Gasteiger partial charge on any atom is -0.278 e. The quantitative estimate of drug-likeness (QED) is 0.859. The van der Waals surface area contributed by atoms with Crippen molar-refractivity contribution in [2.75, 3.05) is 10.6 Å². The summed E-state index contributed by atoms with van der Waals surface area (Å²) in [6, 6.07) is 8.59. The Kier molecular flexibility index (Phi) is 4.11. The minimum atomic E-state index is -3.60. The summed E-state index contributed by atoms with van der Waals surface area (Å²) in [7, 11) is -2.02. The molecule has 0 radical (unpaired) electrons. The third kappa shape index (κ3) is 3.27.